The first kappa shape index (κ1) is 19.0. The minimum absolute atomic E-state index is 0.589. The minimum atomic E-state index is 0.589. The Morgan fingerprint density at radius 3 is 1.96 bits per heavy atom. The van der Waals surface area contributed by atoms with Crippen molar-refractivity contribution in [2.24, 2.45) is 34.1 Å². The van der Waals surface area contributed by atoms with Gasteiger partial charge >= 0.3 is 0 Å². The Morgan fingerprint density at radius 1 is 0.957 bits per heavy atom. The molecule has 2 aliphatic carbocycles. The molecule has 0 bridgehead atoms. The van der Waals surface area contributed by atoms with Gasteiger partial charge in [-0.2, -0.15) is 0 Å². The van der Waals surface area contributed by atoms with E-state index in [1.807, 2.05) is 0 Å². The summed E-state index contributed by atoms with van der Waals surface area (Å²) in [7, 11) is 0. The average molecular weight is 321 g/mol. The summed E-state index contributed by atoms with van der Waals surface area (Å²) in [6.07, 6.45) is 10.2. The van der Waals surface area contributed by atoms with Gasteiger partial charge in [0.05, 0.1) is 0 Å². The first-order valence-electron chi connectivity index (χ1n) is 10.1. The van der Waals surface area contributed by atoms with Gasteiger partial charge in [-0.15, -0.1) is 0 Å². The molecule has 2 heteroatoms. The van der Waals surface area contributed by atoms with Gasteiger partial charge in [0.1, 0.15) is 0 Å². The summed E-state index contributed by atoms with van der Waals surface area (Å²) in [4.78, 5) is 7.14. The molecule has 0 aromatic rings. The number of hydrogen-bond acceptors (Lipinski definition) is 2. The SMILES string of the molecule is C=NCC(CN(CC(C)C)CC(C)C)C1(C2CC2)CCCCC1. The van der Waals surface area contributed by atoms with E-state index in [-0.39, 0.29) is 0 Å². The molecule has 1 atom stereocenters. The number of rotatable bonds is 10. The molecule has 2 fully saturated rings. The van der Waals surface area contributed by atoms with E-state index in [0.29, 0.717) is 5.41 Å². The number of nitrogens with zero attached hydrogens (tertiary/aromatic N) is 2. The van der Waals surface area contributed by atoms with Gasteiger partial charge in [-0.25, -0.2) is 0 Å². The molecule has 0 aromatic carbocycles. The number of hydrogen-bond donors (Lipinski definition) is 0. The highest BCUT2D eigenvalue weighted by Crippen LogP contribution is 2.57. The van der Waals surface area contributed by atoms with Crippen LogP contribution in [0.5, 0.6) is 0 Å². The van der Waals surface area contributed by atoms with Crippen molar-refractivity contribution < 1.29 is 0 Å². The van der Waals surface area contributed by atoms with Crippen LogP contribution >= 0.6 is 0 Å². The maximum Gasteiger partial charge on any atom is 0.0428 e. The molecule has 2 rings (SSSR count). The predicted octanol–water partition coefficient (Wildman–Crippen LogP) is 5.28. The zero-order chi connectivity index (χ0) is 16.9. The third-order valence-electron chi connectivity index (χ3n) is 6.06. The smallest absolute Gasteiger partial charge is 0.0428 e. The Balaban J connectivity index is 2.12. The van der Waals surface area contributed by atoms with Gasteiger partial charge in [-0.05, 0) is 61.5 Å². The standard InChI is InChI=1S/C21H40N2/c1-17(2)14-23(15-18(3)4)16-20(13-22-5)21(19-9-10-19)11-7-6-8-12-21/h17-20H,5-16H2,1-4H3. The normalized spacial score (nSPS) is 22.7. The molecule has 0 aromatic heterocycles. The predicted molar refractivity (Wildman–Crippen MR) is 102 cm³/mol. The lowest BCUT2D eigenvalue weighted by atomic mass is 9.62. The van der Waals surface area contributed by atoms with Crippen LogP contribution in [-0.4, -0.2) is 37.8 Å². The van der Waals surface area contributed by atoms with Gasteiger partial charge < -0.3 is 9.89 Å². The molecule has 134 valence electrons. The largest absolute Gasteiger partial charge is 0.302 e. The Kier molecular flexibility index (Phi) is 7.13. The van der Waals surface area contributed by atoms with Gasteiger partial charge in [-0.1, -0.05) is 47.0 Å². The molecule has 23 heavy (non-hydrogen) atoms. The quantitative estimate of drug-likeness (QED) is 0.500. The Morgan fingerprint density at radius 2 is 1.52 bits per heavy atom. The van der Waals surface area contributed by atoms with Crippen molar-refractivity contribution in [3.8, 4) is 0 Å². The first-order chi connectivity index (χ1) is 11.0. The highest BCUT2D eigenvalue weighted by atomic mass is 15.1. The molecular formula is C21H40N2. The maximum atomic E-state index is 4.40. The Bertz CT molecular complexity index is 341. The highest BCUT2D eigenvalue weighted by molar-refractivity contribution is 5.23. The fourth-order valence-electron chi connectivity index (χ4n) is 5.16. The van der Waals surface area contributed by atoms with Gasteiger partial charge in [0, 0.05) is 26.2 Å². The van der Waals surface area contributed by atoms with E-state index in [1.54, 1.807) is 0 Å². The highest BCUT2D eigenvalue weighted by Gasteiger charge is 2.50. The van der Waals surface area contributed by atoms with Crippen molar-refractivity contribution in [3.05, 3.63) is 0 Å². The Hall–Kier alpha value is -0.370. The fraction of sp³-hybridized carbons (Fsp3) is 0.952. The van der Waals surface area contributed by atoms with E-state index in [1.165, 1.54) is 64.6 Å². The molecule has 0 N–H and O–H groups in total. The lowest BCUT2D eigenvalue weighted by molar-refractivity contribution is 0.0397. The van der Waals surface area contributed by atoms with Crippen LogP contribution in [0.3, 0.4) is 0 Å². The minimum Gasteiger partial charge on any atom is -0.302 e. The molecule has 1 unspecified atom stereocenters. The van der Waals surface area contributed by atoms with Gasteiger partial charge in [-0.3, -0.25) is 0 Å². The molecule has 0 amide bonds. The van der Waals surface area contributed by atoms with E-state index in [4.69, 9.17) is 0 Å². The van der Waals surface area contributed by atoms with Crippen molar-refractivity contribution in [3.63, 3.8) is 0 Å². The van der Waals surface area contributed by atoms with Crippen LogP contribution < -0.4 is 0 Å². The Labute approximate surface area is 145 Å². The molecule has 0 heterocycles. The van der Waals surface area contributed by atoms with Crippen molar-refractivity contribution in [2.75, 3.05) is 26.2 Å². The van der Waals surface area contributed by atoms with E-state index in [2.05, 4.69) is 44.3 Å². The molecule has 2 saturated carbocycles. The summed E-state index contributed by atoms with van der Waals surface area (Å²) in [6, 6.07) is 0. The fourth-order valence-corrected chi connectivity index (χ4v) is 5.16. The summed E-state index contributed by atoms with van der Waals surface area (Å²) in [5, 5.41) is 0. The zero-order valence-corrected chi connectivity index (χ0v) is 16.2. The summed E-state index contributed by atoms with van der Waals surface area (Å²) >= 11 is 0. The van der Waals surface area contributed by atoms with Gasteiger partial charge in [0.15, 0.2) is 0 Å². The first-order valence-corrected chi connectivity index (χ1v) is 10.1. The zero-order valence-electron chi connectivity index (χ0n) is 16.2. The molecular weight excluding hydrogens is 280 g/mol. The van der Waals surface area contributed by atoms with Crippen LogP contribution in [0.15, 0.2) is 4.99 Å². The second kappa shape index (κ2) is 8.65. The molecule has 0 radical (unpaired) electrons. The molecule has 0 aliphatic heterocycles. The summed E-state index contributed by atoms with van der Waals surface area (Å²) in [6.45, 7) is 18.0. The number of aliphatic imine (C=N–C) groups is 1. The van der Waals surface area contributed by atoms with Gasteiger partial charge in [0.25, 0.3) is 0 Å². The topological polar surface area (TPSA) is 15.6 Å². The summed E-state index contributed by atoms with van der Waals surface area (Å²) in [5.41, 5.74) is 0.589. The van der Waals surface area contributed by atoms with Crippen LogP contribution in [0, 0.1) is 29.1 Å². The van der Waals surface area contributed by atoms with Crippen LogP contribution in [0.1, 0.15) is 72.6 Å². The third kappa shape index (κ3) is 5.31. The third-order valence-corrected chi connectivity index (χ3v) is 6.06. The second-order valence-electron chi connectivity index (χ2n) is 9.18. The lowest BCUT2D eigenvalue weighted by Crippen LogP contribution is -2.45. The average Bonchev–Trinajstić information content (AvgIpc) is 3.31. The molecule has 2 aliphatic rings. The summed E-state index contributed by atoms with van der Waals surface area (Å²) in [5.74, 6) is 3.21. The van der Waals surface area contributed by atoms with Crippen LogP contribution in [-0.2, 0) is 0 Å². The molecule has 2 nitrogen and oxygen atoms in total. The van der Waals surface area contributed by atoms with Crippen LogP contribution in [0.25, 0.3) is 0 Å². The van der Waals surface area contributed by atoms with Crippen molar-refractivity contribution in [1.82, 2.24) is 4.90 Å². The van der Waals surface area contributed by atoms with Crippen molar-refractivity contribution in [1.29, 1.82) is 0 Å². The second-order valence-corrected chi connectivity index (χ2v) is 9.18. The van der Waals surface area contributed by atoms with Crippen molar-refractivity contribution in [2.45, 2.75) is 72.6 Å². The van der Waals surface area contributed by atoms with E-state index in [0.717, 1.165) is 30.2 Å². The van der Waals surface area contributed by atoms with Gasteiger partial charge in [0.2, 0.25) is 0 Å². The lowest BCUT2D eigenvalue weighted by Gasteiger charge is -2.46. The van der Waals surface area contributed by atoms with Crippen LogP contribution in [0.2, 0.25) is 0 Å². The summed E-state index contributed by atoms with van der Waals surface area (Å²) < 4.78 is 0. The monoisotopic (exact) mass is 320 g/mol. The van der Waals surface area contributed by atoms with Crippen molar-refractivity contribution >= 4 is 6.72 Å². The van der Waals surface area contributed by atoms with E-state index in [9.17, 15) is 0 Å². The molecule has 0 spiro atoms. The van der Waals surface area contributed by atoms with E-state index < -0.39 is 0 Å². The molecule has 0 saturated heterocycles. The van der Waals surface area contributed by atoms with E-state index >= 15 is 0 Å². The van der Waals surface area contributed by atoms with Crippen LogP contribution in [0.4, 0.5) is 0 Å². The maximum absolute atomic E-state index is 4.40.